The summed E-state index contributed by atoms with van der Waals surface area (Å²) in [4.78, 5) is 20.7. The number of H-pyrrole nitrogens is 1. The molecular formula is C16H22N4O3. The van der Waals surface area contributed by atoms with Gasteiger partial charge < -0.3 is 19.8 Å². The van der Waals surface area contributed by atoms with Crippen molar-refractivity contribution >= 4 is 5.97 Å². The number of nitrogens with one attached hydrogen (secondary N) is 2. The molecule has 0 radical (unpaired) electrons. The molecule has 1 saturated heterocycles. The second-order valence-corrected chi connectivity index (χ2v) is 5.97. The molecular weight excluding hydrogens is 296 g/mol. The predicted molar refractivity (Wildman–Crippen MR) is 83.9 cm³/mol. The van der Waals surface area contributed by atoms with Crippen LogP contribution in [-0.2, 0) is 17.8 Å². The topological polar surface area (TPSA) is 94.4 Å². The molecule has 3 N–H and O–H groups in total. The van der Waals surface area contributed by atoms with E-state index in [1.54, 1.807) is 18.8 Å². The van der Waals surface area contributed by atoms with Gasteiger partial charge in [-0.05, 0) is 25.0 Å². The molecule has 3 rings (SSSR count). The Bertz CT molecular complexity index is 589. The van der Waals surface area contributed by atoms with Crippen LogP contribution in [0.2, 0.25) is 0 Å². The average Bonchev–Trinajstić information content (AvgIpc) is 3.22. The number of carboxylic acids is 1. The Balaban J connectivity index is 1.47. The molecule has 2 aromatic heterocycles. The van der Waals surface area contributed by atoms with E-state index in [9.17, 15) is 9.90 Å². The molecule has 1 aliphatic heterocycles. The molecule has 0 amide bonds. The van der Waals surface area contributed by atoms with Crippen LogP contribution in [0, 0.1) is 0 Å². The van der Waals surface area contributed by atoms with Gasteiger partial charge in [-0.3, -0.25) is 9.69 Å². The van der Waals surface area contributed by atoms with Crippen LogP contribution in [0.4, 0.5) is 0 Å². The molecule has 1 atom stereocenters. The third-order valence-corrected chi connectivity index (χ3v) is 4.26. The summed E-state index contributed by atoms with van der Waals surface area (Å²) in [6.07, 6.45) is 7.23. The van der Waals surface area contributed by atoms with E-state index in [-0.39, 0.29) is 6.04 Å². The Morgan fingerprint density at radius 3 is 2.96 bits per heavy atom. The average molecular weight is 318 g/mol. The molecule has 7 heteroatoms. The molecule has 23 heavy (non-hydrogen) atoms. The lowest BCUT2D eigenvalue weighted by Crippen LogP contribution is -2.49. The number of imidazole rings is 1. The van der Waals surface area contributed by atoms with Gasteiger partial charge in [-0.15, -0.1) is 0 Å². The van der Waals surface area contributed by atoms with E-state index >= 15 is 0 Å². The number of carboxylic acid groups (broad SMARTS) is 1. The number of piperidine rings is 1. The summed E-state index contributed by atoms with van der Waals surface area (Å²) in [6.45, 7) is 2.69. The Hall–Kier alpha value is -2.12. The van der Waals surface area contributed by atoms with Crippen molar-refractivity contribution < 1.29 is 14.3 Å². The summed E-state index contributed by atoms with van der Waals surface area (Å²) in [6, 6.07) is 3.52. The van der Waals surface area contributed by atoms with Crippen LogP contribution in [0.25, 0.3) is 0 Å². The van der Waals surface area contributed by atoms with E-state index in [4.69, 9.17) is 4.42 Å². The number of hydrogen-bond acceptors (Lipinski definition) is 5. The number of likely N-dealkylation sites (tertiary alicyclic amines) is 1. The summed E-state index contributed by atoms with van der Waals surface area (Å²) in [5.41, 5.74) is 0.833. The monoisotopic (exact) mass is 318 g/mol. The molecule has 0 unspecified atom stereocenters. The number of aromatic nitrogens is 2. The van der Waals surface area contributed by atoms with E-state index in [1.165, 1.54) is 0 Å². The maximum atomic E-state index is 11.5. The fraction of sp³-hybridized carbons (Fsp3) is 0.500. The van der Waals surface area contributed by atoms with Crippen LogP contribution in [0.3, 0.4) is 0 Å². The third kappa shape index (κ3) is 4.43. The molecule has 1 fully saturated rings. The second kappa shape index (κ2) is 7.43. The minimum Gasteiger partial charge on any atom is -0.480 e. The number of hydrogen-bond donors (Lipinski definition) is 3. The van der Waals surface area contributed by atoms with E-state index in [0.29, 0.717) is 6.42 Å². The van der Waals surface area contributed by atoms with Gasteiger partial charge in [-0.25, -0.2) is 4.98 Å². The lowest BCUT2D eigenvalue weighted by atomic mass is 10.0. The van der Waals surface area contributed by atoms with Gasteiger partial charge >= 0.3 is 5.97 Å². The Labute approximate surface area is 134 Å². The van der Waals surface area contributed by atoms with Crippen LogP contribution < -0.4 is 5.32 Å². The van der Waals surface area contributed by atoms with Crippen molar-refractivity contribution in [1.82, 2.24) is 20.2 Å². The number of furan rings is 1. The van der Waals surface area contributed by atoms with Crippen LogP contribution in [0.5, 0.6) is 0 Å². The molecule has 0 saturated carbocycles. The zero-order chi connectivity index (χ0) is 16.1. The molecule has 3 heterocycles. The lowest BCUT2D eigenvalue weighted by molar-refractivity contribution is -0.139. The highest BCUT2D eigenvalue weighted by Gasteiger charge is 2.26. The van der Waals surface area contributed by atoms with Gasteiger partial charge in [-0.2, -0.15) is 0 Å². The quantitative estimate of drug-likeness (QED) is 0.711. The van der Waals surface area contributed by atoms with Crippen molar-refractivity contribution in [2.45, 2.75) is 37.9 Å². The first-order chi connectivity index (χ1) is 11.2. The summed E-state index contributed by atoms with van der Waals surface area (Å²) in [7, 11) is 0. The number of aromatic amines is 1. The van der Waals surface area contributed by atoms with Crippen molar-refractivity contribution in [2.75, 3.05) is 13.1 Å². The Kier molecular flexibility index (Phi) is 5.09. The SMILES string of the molecule is O=C(O)[C@H](Cc1cnc[nH]1)NC1CCN(Cc2ccco2)CC1. The maximum absolute atomic E-state index is 11.5. The maximum Gasteiger partial charge on any atom is 0.321 e. The fourth-order valence-electron chi connectivity index (χ4n) is 3.00. The first-order valence-electron chi connectivity index (χ1n) is 7.91. The van der Waals surface area contributed by atoms with E-state index in [0.717, 1.165) is 43.9 Å². The molecule has 7 nitrogen and oxygen atoms in total. The van der Waals surface area contributed by atoms with Crippen molar-refractivity contribution in [1.29, 1.82) is 0 Å². The summed E-state index contributed by atoms with van der Waals surface area (Å²) < 4.78 is 5.37. The number of aliphatic carboxylic acids is 1. The van der Waals surface area contributed by atoms with E-state index < -0.39 is 12.0 Å². The summed E-state index contributed by atoms with van der Waals surface area (Å²) >= 11 is 0. The highest BCUT2D eigenvalue weighted by Crippen LogP contribution is 2.15. The van der Waals surface area contributed by atoms with Gasteiger partial charge in [0.1, 0.15) is 11.8 Å². The highest BCUT2D eigenvalue weighted by atomic mass is 16.4. The lowest BCUT2D eigenvalue weighted by Gasteiger charge is -2.33. The largest absolute Gasteiger partial charge is 0.480 e. The van der Waals surface area contributed by atoms with Crippen molar-refractivity contribution in [2.24, 2.45) is 0 Å². The van der Waals surface area contributed by atoms with E-state index in [1.807, 2.05) is 12.1 Å². The molecule has 0 spiro atoms. The predicted octanol–water partition coefficient (Wildman–Crippen LogP) is 1.25. The zero-order valence-electron chi connectivity index (χ0n) is 12.9. The molecule has 1 aliphatic rings. The summed E-state index contributed by atoms with van der Waals surface area (Å²) in [5, 5.41) is 12.7. The second-order valence-electron chi connectivity index (χ2n) is 5.97. The van der Waals surface area contributed by atoms with Gasteiger partial charge in [0.15, 0.2) is 0 Å². The van der Waals surface area contributed by atoms with Crippen LogP contribution in [-0.4, -0.2) is 51.1 Å². The van der Waals surface area contributed by atoms with Crippen LogP contribution in [0.1, 0.15) is 24.3 Å². The molecule has 0 aromatic carbocycles. The van der Waals surface area contributed by atoms with Gasteiger partial charge in [0, 0.05) is 37.4 Å². The Morgan fingerprint density at radius 2 is 2.35 bits per heavy atom. The first kappa shape index (κ1) is 15.8. The molecule has 0 aliphatic carbocycles. The van der Waals surface area contributed by atoms with Gasteiger partial charge in [0.25, 0.3) is 0 Å². The smallest absolute Gasteiger partial charge is 0.321 e. The van der Waals surface area contributed by atoms with Gasteiger partial charge in [0.2, 0.25) is 0 Å². The highest BCUT2D eigenvalue weighted by molar-refractivity contribution is 5.73. The Morgan fingerprint density at radius 1 is 1.52 bits per heavy atom. The fourth-order valence-corrected chi connectivity index (χ4v) is 3.00. The molecule has 2 aromatic rings. The van der Waals surface area contributed by atoms with E-state index in [2.05, 4.69) is 20.2 Å². The first-order valence-corrected chi connectivity index (χ1v) is 7.91. The molecule has 124 valence electrons. The van der Waals surface area contributed by atoms with Crippen molar-refractivity contribution in [3.05, 3.63) is 42.4 Å². The molecule has 0 bridgehead atoms. The normalized spacial score (nSPS) is 18.1. The van der Waals surface area contributed by atoms with Crippen molar-refractivity contribution in [3.63, 3.8) is 0 Å². The van der Waals surface area contributed by atoms with Crippen molar-refractivity contribution in [3.8, 4) is 0 Å². The standard InChI is InChI=1S/C16H22N4O3/c21-16(22)15(8-13-9-17-11-18-13)19-12-3-5-20(6-4-12)10-14-2-1-7-23-14/h1-2,7,9,11-12,15,19H,3-6,8,10H2,(H,17,18)(H,21,22)/t15-/m0/s1. The summed E-state index contributed by atoms with van der Waals surface area (Å²) in [5.74, 6) is 0.150. The van der Waals surface area contributed by atoms with Gasteiger partial charge in [0.05, 0.1) is 19.1 Å². The third-order valence-electron chi connectivity index (χ3n) is 4.26. The number of rotatable bonds is 7. The minimum atomic E-state index is -0.822. The minimum absolute atomic E-state index is 0.229. The van der Waals surface area contributed by atoms with Crippen LogP contribution in [0.15, 0.2) is 35.3 Å². The zero-order valence-corrected chi connectivity index (χ0v) is 12.9. The van der Waals surface area contributed by atoms with Crippen LogP contribution >= 0.6 is 0 Å². The number of nitrogens with zero attached hydrogens (tertiary/aromatic N) is 2. The number of carbonyl (C=O) groups is 1. The van der Waals surface area contributed by atoms with Gasteiger partial charge in [-0.1, -0.05) is 0 Å².